The summed E-state index contributed by atoms with van der Waals surface area (Å²) in [5, 5.41) is 0. The molecule has 1 aliphatic rings. The zero-order chi connectivity index (χ0) is 13.3. The van der Waals surface area contributed by atoms with Gasteiger partial charge in [-0.3, -0.25) is 0 Å². The summed E-state index contributed by atoms with van der Waals surface area (Å²) >= 11 is 0. The summed E-state index contributed by atoms with van der Waals surface area (Å²) in [4.78, 5) is 0. The van der Waals surface area contributed by atoms with Crippen LogP contribution in [0.25, 0.3) is 0 Å². The van der Waals surface area contributed by atoms with E-state index in [1.165, 1.54) is 81.8 Å². The van der Waals surface area contributed by atoms with Crippen molar-refractivity contribution in [2.24, 2.45) is 0 Å². The molecule has 0 heteroatoms. The molecule has 0 aliphatic heterocycles. The lowest BCUT2D eigenvalue weighted by Gasteiger charge is -2.21. The maximum Gasteiger partial charge on any atom is 0.00498 e. The molecule has 0 heterocycles. The molecule has 0 bridgehead atoms. The van der Waals surface area contributed by atoms with E-state index in [0.29, 0.717) is 0 Å². The van der Waals surface area contributed by atoms with Crippen LogP contribution in [0.3, 0.4) is 0 Å². The van der Waals surface area contributed by atoms with Crippen LogP contribution in [0.1, 0.15) is 82.3 Å². The SMILES string of the molecule is CCCCCCCc1ccc([C]2CCCCC2)cc1. The van der Waals surface area contributed by atoms with E-state index >= 15 is 0 Å². The van der Waals surface area contributed by atoms with Crippen LogP contribution in [-0.4, -0.2) is 0 Å². The van der Waals surface area contributed by atoms with E-state index in [1.54, 1.807) is 5.92 Å². The Bertz CT molecular complexity index is 330. The molecule has 0 atom stereocenters. The van der Waals surface area contributed by atoms with E-state index in [-0.39, 0.29) is 0 Å². The second-order valence-electron chi connectivity index (χ2n) is 6.03. The Hall–Kier alpha value is -0.780. The van der Waals surface area contributed by atoms with Crippen molar-refractivity contribution < 1.29 is 0 Å². The summed E-state index contributed by atoms with van der Waals surface area (Å²) in [5.74, 6) is 1.70. The standard InChI is InChI=1S/C19H29/c1-2-3-4-5-7-10-17-13-15-19(16-14-17)18-11-8-6-9-12-18/h13-16H,2-12H2,1H3. The smallest absolute Gasteiger partial charge is 0.00498 e. The van der Waals surface area contributed by atoms with Gasteiger partial charge in [-0.1, -0.05) is 76.1 Å². The molecule has 105 valence electrons. The summed E-state index contributed by atoms with van der Waals surface area (Å²) in [6.45, 7) is 2.28. The molecule has 1 saturated carbocycles. The van der Waals surface area contributed by atoms with E-state index < -0.39 is 0 Å². The highest BCUT2D eigenvalue weighted by Gasteiger charge is 2.15. The summed E-state index contributed by atoms with van der Waals surface area (Å²) in [7, 11) is 0. The van der Waals surface area contributed by atoms with Crippen LogP contribution in [0.4, 0.5) is 0 Å². The van der Waals surface area contributed by atoms with Crippen molar-refractivity contribution in [1.82, 2.24) is 0 Å². The number of aryl methyl sites for hydroxylation is 1. The molecule has 1 radical (unpaired) electrons. The molecule has 1 aliphatic carbocycles. The fourth-order valence-electron chi connectivity index (χ4n) is 3.11. The molecule has 0 nitrogen and oxygen atoms in total. The Balaban J connectivity index is 1.74. The number of rotatable bonds is 7. The fraction of sp³-hybridized carbons (Fsp3) is 0.632. The molecule has 0 saturated heterocycles. The predicted octanol–water partition coefficient (Wildman–Crippen LogP) is 6.09. The third-order valence-electron chi connectivity index (χ3n) is 4.39. The topological polar surface area (TPSA) is 0 Å². The van der Waals surface area contributed by atoms with Gasteiger partial charge in [0.15, 0.2) is 0 Å². The van der Waals surface area contributed by atoms with Crippen molar-refractivity contribution in [2.45, 2.75) is 77.6 Å². The van der Waals surface area contributed by atoms with Gasteiger partial charge < -0.3 is 0 Å². The monoisotopic (exact) mass is 257 g/mol. The van der Waals surface area contributed by atoms with Gasteiger partial charge in [-0.25, -0.2) is 0 Å². The van der Waals surface area contributed by atoms with Gasteiger partial charge in [-0.05, 0) is 36.8 Å². The number of hydrogen-bond donors (Lipinski definition) is 0. The summed E-state index contributed by atoms with van der Waals surface area (Å²) in [6.07, 6.45) is 15.0. The Labute approximate surface area is 119 Å². The zero-order valence-electron chi connectivity index (χ0n) is 12.6. The molecule has 2 rings (SSSR count). The second-order valence-corrected chi connectivity index (χ2v) is 6.03. The highest BCUT2D eigenvalue weighted by Crippen LogP contribution is 2.31. The van der Waals surface area contributed by atoms with Crippen LogP contribution in [0.15, 0.2) is 24.3 Å². The summed E-state index contributed by atoms with van der Waals surface area (Å²) < 4.78 is 0. The van der Waals surface area contributed by atoms with Gasteiger partial charge in [0.25, 0.3) is 0 Å². The molecule has 19 heavy (non-hydrogen) atoms. The number of hydrogen-bond acceptors (Lipinski definition) is 0. The van der Waals surface area contributed by atoms with Crippen molar-refractivity contribution in [2.75, 3.05) is 0 Å². The molecular formula is C19H29. The molecule has 1 aromatic carbocycles. The second kappa shape index (κ2) is 8.40. The first-order valence-electron chi connectivity index (χ1n) is 8.34. The lowest BCUT2D eigenvalue weighted by molar-refractivity contribution is 0.551. The Kier molecular flexibility index (Phi) is 6.47. The van der Waals surface area contributed by atoms with Gasteiger partial charge in [-0.15, -0.1) is 0 Å². The molecule has 0 unspecified atom stereocenters. The van der Waals surface area contributed by atoms with E-state index in [0.717, 1.165) is 0 Å². The van der Waals surface area contributed by atoms with Crippen molar-refractivity contribution in [3.05, 3.63) is 41.3 Å². The van der Waals surface area contributed by atoms with Crippen LogP contribution in [-0.2, 0) is 6.42 Å². The largest absolute Gasteiger partial charge is 0.0654 e. The van der Waals surface area contributed by atoms with Crippen LogP contribution in [0, 0.1) is 5.92 Å². The number of benzene rings is 1. The van der Waals surface area contributed by atoms with Crippen LogP contribution >= 0.6 is 0 Å². The van der Waals surface area contributed by atoms with Crippen molar-refractivity contribution in [1.29, 1.82) is 0 Å². The van der Waals surface area contributed by atoms with Gasteiger partial charge in [0.2, 0.25) is 0 Å². The predicted molar refractivity (Wildman–Crippen MR) is 84.3 cm³/mol. The Morgan fingerprint density at radius 3 is 2.16 bits per heavy atom. The maximum absolute atomic E-state index is 2.36. The van der Waals surface area contributed by atoms with Gasteiger partial charge in [0.1, 0.15) is 0 Å². The van der Waals surface area contributed by atoms with Crippen molar-refractivity contribution in [3.8, 4) is 0 Å². The fourth-order valence-corrected chi connectivity index (χ4v) is 3.11. The van der Waals surface area contributed by atoms with Crippen molar-refractivity contribution >= 4 is 0 Å². The van der Waals surface area contributed by atoms with E-state index in [2.05, 4.69) is 31.2 Å². The molecule has 0 amide bonds. The van der Waals surface area contributed by atoms with Crippen LogP contribution in [0.2, 0.25) is 0 Å². The highest BCUT2D eigenvalue weighted by atomic mass is 14.2. The van der Waals surface area contributed by atoms with E-state index in [9.17, 15) is 0 Å². The summed E-state index contributed by atoms with van der Waals surface area (Å²) in [5.41, 5.74) is 3.03. The Morgan fingerprint density at radius 2 is 1.47 bits per heavy atom. The quantitative estimate of drug-likeness (QED) is 0.519. The maximum atomic E-state index is 2.36. The average Bonchev–Trinajstić information content (AvgIpc) is 2.49. The highest BCUT2D eigenvalue weighted by molar-refractivity contribution is 5.33. The summed E-state index contributed by atoms with van der Waals surface area (Å²) in [6, 6.07) is 9.44. The third-order valence-corrected chi connectivity index (χ3v) is 4.39. The van der Waals surface area contributed by atoms with Gasteiger partial charge >= 0.3 is 0 Å². The van der Waals surface area contributed by atoms with E-state index in [1.807, 2.05) is 0 Å². The zero-order valence-corrected chi connectivity index (χ0v) is 12.6. The van der Waals surface area contributed by atoms with Crippen molar-refractivity contribution in [3.63, 3.8) is 0 Å². The van der Waals surface area contributed by atoms with E-state index in [4.69, 9.17) is 0 Å². The molecular weight excluding hydrogens is 228 g/mol. The molecule has 0 aromatic heterocycles. The first kappa shape index (κ1) is 14.6. The average molecular weight is 257 g/mol. The molecule has 1 aromatic rings. The minimum absolute atomic E-state index is 1.26. The van der Waals surface area contributed by atoms with Gasteiger partial charge in [0.05, 0.1) is 0 Å². The first-order chi connectivity index (χ1) is 9.40. The Morgan fingerprint density at radius 1 is 0.789 bits per heavy atom. The lowest BCUT2D eigenvalue weighted by atomic mass is 9.84. The normalized spacial score (nSPS) is 16.7. The lowest BCUT2D eigenvalue weighted by Crippen LogP contribution is -2.05. The first-order valence-corrected chi connectivity index (χ1v) is 8.34. The minimum Gasteiger partial charge on any atom is -0.0654 e. The van der Waals surface area contributed by atoms with Gasteiger partial charge in [-0.2, -0.15) is 0 Å². The molecule has 0 N–H and O–H groups in total. The number of unbranched alkanes of at least 4 members (excludes halogenated alkanes) is 4. The molecule has 1 fully saturated rings. The van der Waals surface area contributed by atoms with Gasteiger partial charge in [0, 0.05) is 5.92 Å². The van der Waals surface area contributed by atoms with Crippen LogP contribution < -0.4 is 0 Å². The minimum atomic E-state index is 1.26. The van der Waals surface area contributed by atoms with Crippen LogP contribution in [0.5, 0.6) is 0 Å². The molecule has 0 spiro atoms. The third kappa shape index (κ3) is 5.01.